The Hall–Kier alpha value is -1.21. The van der Waals surface area contributed by atoms with E-state index < -0.39 is 0 Å². The maximum absolute atomic E-state index is 3.85. The van der Waals surface area contributed by atoms with E-state index in [0.717, 1.165) is 11.3 Å². The van der Waals surface area contributed by atoms with E-state index >= 15 is 0 Å². The molecule has 0 aliphatic heterocycles. The number of rotatable bonds is 2. The van der Waals surface area contributed by atoms with Gasteiger partial charge in [0.05, 0.1) is 0 Å². The maximum Gasteiger partial charge on any atom is 0.0147 e. The molecule has 0 radical (unpaired) electrons. The molecule has 0 saturated carbocycles. The van der Waals surface area contributed by atoms with Crippen LogP contribution in [0, 0.1) is 6.92 Å². The average Bonchev–Trinajstić information content (AvgIpc) is 2.93. The Morgan fingerprint density at radius 3 is 2.06 bits per heavy atom. The molecular formula is C17H24S. The standard InChI is InChI=1S/C10H12S.C5H6.C2H6/c1-8(2)11-10-7-5-4-6-9(10)3;1-2-4-5-3-1;1-2/h4-7H,1H2,2-3H3;1-4H,5H2;1-2H3. The highest BCUT2D eigenvalue weighted by atomic mass is 32.2. The summed E-state index contributed by atoms with van der Waals surface area (Å²) >= 11 is 1.73. The van der Waals surface area contributed by atoms with Crippen LogP contribution in [0.5, 0.6) is 0 Å². The number of benzene rings is 1. The summed E-state index contributed by atoms with van der Waals surface area (Å²) in [5.41, 5.74) is 1.32. The first kappa shape index (κ1) is 16.8. The van der Waals surface area contributed by atoms with Gasteiger partial charge in [-0.15, -0.1) is 0 Å². The highest BCUT2D eigenvalue weighted by molar-refractivity contribution is 8.03. The molecule has 2 rings (SSSR count). The third-order valence-electron chi connectivity index (χ3n) is 2.03. The van der Waals surface area contributed by atoms with Gasteiger partial charge in [-0.2, -0.15) is 0 Å². The Labute approximate surface area is 117 Å². The van der Waals surface area contributed by atoms with Gasteiger partial charge in [-0.05, 0) is 36.8 Å². The van der Waals surface area contributed by atoms with Gasteiger partial charge in [0.1, 0.15) is 0 Å². The van der Waals surface area contributed by atoms with Crippen LogP contribution in [-0.2, 0) is 0 Å². The van der Waals surface area contributed by atoms with Gasteiger partial charge in [0.2, 0.25) is 0 Å². The molecule has 0 heterocycles. The van der Waals surface area contributed by atoms with E-state index in [2.05, 4.69) is 62.1 Å². The fourth-order valence-corrected chi connectivity index (χ4v) is 2.00. The van der Waals surface area contributed by atoms with Crippen LogP contribution in [-0.4, -0.2) is 0 Å². The molecule has 0 amide bonds. The highest BCUT2D eigenvalue weighted by Crippen LogP contribution is 2.27. The second kappa shape index (κ2) is 10.9. The average molecular weight is 260 g/mol. The number of thioether (sulfide) groups is 1. The van der Waals surface area contributed by atoms with Crippen molar-refractivity contribution in [2.45, 2.75) is 39.0 Å². The van der Waals surface area contributed by atoms with Crippen LogP contribution in [0.25, 0.3) is 0 Å². The Kier molecular flexibility index (Phi) is 10.2. The zero-order valence-corrected chi connectivity index (χ0v) is 12.8. The first-order chi connectivity index (χ1) is 8.70. The van der Waals surface area contributed by atoms with Gasteiger partial charge in [-0.25, -0.2) is 0 Å². The van der Waals surface area contributed by atoms with Crippen molar-refractivity contribution in [2.75, 3.05) is 0 Å². The van der Waals surface area contributed by atoms with Crippen molar-refractivity contribution >= 4 is 11.8 Å². The van der Waals surface area contributed by atoms with E-state index in [0.29, 0.717) is 0 Å². The van der Waals surface area contributed by atoms with Gasteiger partial charge >= 0.3 is 0 Å². The fourth-order valence-electron chi connectivity index (χ4n) is 1.25. The van der Waals surface area contributed by atoms with Crippen molar-refractivity contribution in [2.24, 2.45) is 0 Å². The number of allylic oxidation sites excluding steroid dienone is 5. The van der Waals surface area contributed by atoms with Gasteiger partial charge < -0.3 is 0 Å². The lowest BCUT2D eigenvalue weighted by molar-refractivity contribution is 1.31. The van der Waals surface area contributed by atoms with Gasteiger partial charge in [-0.3, -0.25) is 0 Å². The van der Waals surface area contributed by atoms with Crippen LogP contribution < -0.4 is 0 Å². The van der Waals surface area contributed by atoms with Crippen LogP contribution >= 0.6 is 11.8 Å². The minimum atomic E-state index is 1.14. The van der Waals surface area contributed by atoms with Crippen LogP contribution in [0.3, 0.4) is 0 Å². The van der Waals surface area contributed by atoms with Gasteiger partial charge in [-0.1, -0.05) is 74.7 Å². The largest absolute Gasteiger partial charge is 0.0952 e. The Morgan fingerprint density at radius 1 is 1.11 bits per heavy atom. The molecule has 0 atom stereocenters. The van der Waals surface area contributed by atoms with Crippen LogP contribution in [0.2, 0.25) is 0 Å². The summed E-state index contributed by atoms with van der Waals surface area (Å²) in [5, 5.41) is 0. The van der Waals surface area contributed by atoms with Crippen LogP contribution in [0.1, 0.15) is 32.8 Å². The molecule has 0 aromatic heterocycles. The monoisotopic (exact) mass is 260 g/mol. The van der Waals surface area contributed by atoms with E-state index in [4.69, 9.17) is 0 Å². The first-order valence-electron chi connectivity index (χ1n) is 6.41. The number of hydrogen-bond acceptors (Lipinski definition) is 1. The number of aryl methyl sites for hydroxylation is 1. The third kappa shape index (κ3) is 7.97. The van der Waals surface area contributed by atoms with E-state index in [1.165, 1.54) is 10.5 Å². The minimum Gasteiger partial charge on any atom is -0.0952 e. The van der Waals surface area contributed by atoms with Crippen molar-refractivity contribution < 1.29 is 0 Å². The van der Waals surface area contributed by atoms with Crippen molar-refractivity contribution in [1.29, 1.82) is 0 Å². The van der Waals surface area contributed by atoms with Crippen molar-refractivity contribution in [3.8, 4) is 0 Å². The summed E-state index contributed by atoms with van der Waals surface area (Å²) in [5.74, 6) is 0. The van der Waals surface area contributed by atoms with E-state index in [1.54, 1.807) is 11.8 Å². The van der Waals surface area contributed by atoms with Crippen molar-refractivity contribution in [3.63, 3.8) is 0 Å². The predicted molar refractivity (Wildman–Crippen MR) is 86.1 cm³/mol. The molecule has 0 saturated heterocycles. The Bertz CT molecular complexity index is 390. The molecule has 1 aromatic rings. The van der Waals surface area contributed by atoms with Crippen molar-refractivity contribution in [1.82, 2.24) is 0 Å². The molecule has 1 aromatic carbocycles. The Balaban J connectivity index is 0.000000343. The molecular weight excluding hydrogens is 236 g/mol. The molecule has 1 heteroatoms. The normalized spacial score (nSPS) is 11.1. The molecule has 0 N–H and O–H groups in total. The predicted octanol–water partition coefficient (Wildman–Crippen LogP) is 6.15. The zero-order valence-electron chi connectivity index (χ0n) is 11.9. The van der Waals surface area contributed by atoms with Gasteiger partial charge in [0, 0.05) is 4.90 Å². The van der Waals surface area contributed by atoms with Crippen molar-refractivity contribution in [3.05, 3.63) is 65.6 Å². The maximum atomic E-state index is 3.85. The molecule has 18 heavy (non-hydrogen) atoms. The molecule has 0 nitrogen and oxygen atoms in total. The lowest BCUT2D eigenvalue weighted by Crippen LogP contribution is -1.76. The second-order valence-corrected chi connectivity index (χ2v) is 5.00. The molecule has 0 fully saturated rings. The third-order valence-corrected chi connectivity index (χ3v) is 3.06. The molecule has 1 aliphatic carbocycles. The summed E-state index contributed by atoms with van der Waals surface area (Å²) in [6.07, 6.45) is 9.50. The molecule has 0 unspecified atom stereocenters. The highest BCUT2D eigenvalue weighted by Gasteiger charge is 1.95. The SMILES string of the molecule is C1=CCC=C1.C=C(C)Sc1ccccc1C.CC. The summed E-state index contributed by atoms with van der Waals surface area (Å²) in [6.45, 7) is 12.0. The molecule has 0 bridgehead atoms. The quantitative estimate of drug-likeness (QED) is 0.575. The molecule has 98 valence electrons. The first-order valence-corrected chi connectivity index (χ1v) is 7.22. The summed E-state index contributed by atoms with van der Waals surface area (Å²) < 4.78 is 0. The van der Waals surface area contributed by atoms with E-state index in [1.807, 2.05) is 20.8 Å². The van der Waals surface area contributed by atoms with E-state index in [-0.39, 0.29) is 0 Å². The van der Waals surface area contributed by atoms with Gasteiger partial charge in [0.15, 0.2) is 0 Å². The summed E-state index contributed by atoms with van der Waals surface area (Å²) in [4.78, 5) is 2.44. The Morgan fingerprint density at radius 2 is 1.67 bits per heavy atom. The van der Waals surface area contributed by atoms with Crippen LogP contribution in [0.4, 0.5) is 0 Å². The van der Waals surface area contributed by atoms with E-state index in [9.17, 15) is 0 Å². The second-order valence-electron chi connectivity index (χ2n) is 3.66. The van der Waals surface area contributed by atoms with Crippen LogP contribution in [0.15, 0.2) is 64.9 Å². The lowest BCUT2D eigenvalue weighted by atomic mass is 10.2. The fraction of sp³-hybridized carbons (Fsp3) is 0.294. The minimum absolute atomic E-state index is 1.14. The summed E-state index contributed by atoms with van der Waals surface area (Å²) in [7, 11) is 0. The summed E-state index contributed by atoms with van der Waals surface area (Å²) in [6, 6.07) is 8.34. The zero-order chi connectivity index (χ0) is 13.8. The smallest absolute Gasteiger partial charge is 0.0147 e. The molecule has 1 aliphatic rings. The topological polar surface area (TPSA) is 0 Å². The lowest BCUT2D eigenvalue weighted by Gasteiger charge is -2.02. The molecule has 0 spiro atoms. The number of hydrogen-bond donors (Lipinski definition) is 0. The van der Waals surface area contributed by atoms with Gasteiger partial charge in [0.25, 0.3) is 0 Å².